The molecule has 0 aromatic carbocycles. The van der Waals surface area contributed by atoms with Crippen LogP contribution in [-0.4, -0.2) is 28.2 Å². The Labute approximate surface area is 96.8 Å². The standard InChI is InChI=1S/C10H16N2O3S/c1-2-16(14)6-5-12-10(13)9-4-3-8(7-11)15-9/h3-4H,2,5-7,11H2,1H3,(H,12,13). The van der Waals surface area contributed by atoms with Crippen molar-refractivity contribution >= 4 is 16.7 Å². The number of nitrogens with two attached hydrogens (primary N) is 1. The Morgan fingerprint density at radius 2 is 2.31 bits per heavy atom. The molecule has 1 aromatic rings. The van der Waals surface area contributed by atoms with Crippen molar-refractivity contribution in [3.8, 4) is 0 Å². The van der Waals surface area contributed by atoms with Crippen LogP contribution in [0.2, 0.25) is 0 Å². The summed E-state index contributed by atoms with van der Waals surface area (Å²) in [4.78, 5) is 11.5. The van der Waals surface area contributed by atoms with Crippen molar-refractivity contribution in [3.05, 3.63) is 23.7 Å². The van der Waals surface area contributed by atoms with Gasteiger partial charge in [-0.1, -0.05) is 6.92 Å². The summed E-state index contributed by atoms with van der Waals surface area (Å²) in [7, 11) is -0.862. The molecule has 1 heterocycles. The topological polar surface area (TPSA) is 85.3 Å². The lowest BCUT2D eigenvalue weighted by molar-refractivity contribution is 0.0927. The molecule has 0 bridgehead atoms. The van der Waals surface area contributed by atoms with Crippen LogP contribution in [0.25, 0.3) is 0 Å². The van der Waals surface area contributed by atoms with E-state index in [1.165, 1.54) is 0 Å². The Morgan fingerprint density at radius 3 is 2.88 bits per heavy atom. The molecule has 6 heteroatoms. The second-order valence-corrected chi connectivity index (χ2v) is 5.02. The molecule has 1 aromatic heterocycles. The van der Waals surface area contributed by atoms with E-state index in [1.54, 1.807) is 12.1 Å². The van der Waals surface area contributed by atoms with E-state index in [0.717, 1.165) is 0 Å². The molecule has 0 radical (unpaired) electrons. The molecular formula is C10H16N2O3S. The number of furan rings is 1. The molecule has 1 unspecified atom stereocenters. The van der Waals surface area contributed by atoms with E-state index in [9.17, 15) is 9.00 Å². The third-order valence-corrected chi connectivity index (χ3v) is 3.33. The fraction of sp³-hybridized carbons (Fsp3) is 0.500. The van der Waals surface area contributed by atoms with Gasteiger partial charge in [0, 0.05) is 28.9 Å². The molecule has 1 amide bonds. The van der Waals surface area contributed by atoms with Gasteiger partial charge in [-0.3, -0.25) is 9.00 Å². The van der Waals surface area contributed by atoms with Crippen molar-refractivity contribution in [2.75, 3.05) is 18.1 Å². The summed E-state index contributed by atoms with van der Waals surface area (Å²) in [6, 6.07) is 3.24. The van der Waals surface area contributed by atoms with Crippen molar-refractivity contribution in [1.29, 1.82) is 0 Å². The van der Waals surface area contributed by atoms with Gasteiger partial charge in [-0.05, 0) is 12.1 Å². The van der Waals surface area contributed by atoms with Gasteiger partial charge >= 0.3 is 0 Å². The normalized spacial score (nSPS) is 12.4. The zero-order valence-corrected chi connectivity index (χ0v) is 10.0. The van der Waals surface area contributed by atoms with Gasteiger partial charge in [0.25, 0.3) is 5.91 Å². The highest BCUT2D eigenvalue weighted by atomic mass is 32.2. The molecule has 3 N–H and O–H groups in total. The largest absolute Gasteiger partial charge is 0.455 e. The Hall–Kier alpha value is -1.14. The first-order valence-corrected chi connectivity index (χ1v) is 6.58. The quantitative estimate of drug-likeness (QED) is 0.750. The average molecular weight is 244 g/mol. The number of rotatable bonds is 6. The van der Waals surface area contributed by atoms with Crippen LogP contribution in [0.15, 0.2) is 16.5 Å². The van der Waals surface area contributed by atoms with Crippen LogP contribution in [0.3, 0.4) is 0 Å². The summed E-state index contributed by atoms with van der Waals surface area (Å²) in [5.41, 5.74) is 5.36. The van der Waals surface area contributed by atoms with Gasteiger partial charge in [0.15, 0.2) is 5.76 Å². The summed E-state index contributed by atoms with van der Waals surface area (Å²) < 4.78 is 16.3. The zero-order valence-electron chi connectivity index (χ0n) is 9.19. The number of nitrogens with one attached hydrogen (secondary N) is 1. The minimum absolute atomic E-state index is 0.239. The number of carbonyl (C=O) groups excluding carboxylic acids is 1. The molecule has 0 aliphatic heterocycles. The lowest BCUT2D eigenvalue weighted by Crippen LogP contribution is -2.27. The Bertz CT molecular complexity index is 376. The van der Waals surface area contributed by atoms with Gasteiger partial charge < -0.3 is 15.5 Å². The first kappa shape index (κ1) is 12.9. The molecule has 0 aliphatic carbocycles. The molecule has 1 rings (SSSR count). The minimum Gasteiger partial charge on any atom is -0.455 e. The third kappa shape index (κ3) is 3.79. The second kappa shape index (κ2) is 6.44. The van der Waals surface area contributed by atoms with Crippen molar-refractivity contribution < 1.29 is 13.4 Å². The van der Waals surface area contributed by atoms with Crippen LogP contribution in [0.1, 0.15) is 23.2 Å². The SMILES string of the molecule is CCS(=O)CCNC(=O)c1ccc(CN)o1. The molecular weight excluding hydrogens is 228 g/mol. The maximum Gasteiger partial charge on any atom is 0.287 e. The zero-order chi connectivity index (χ0) is 12.0. The third-order valence-electron chi connectivity index (χ3n) is 2.02. The Balaban J connectivity index is 2.38. The Morgan fingerprint density at radius 1 is 1.56 bits per heavy atom. The van der Waals surface area contributed by atoms with Gasteiger partial charge in [0.1, 0.15) is 5.76 Å². The number of hydrogen-bond donors (Lipinski definition) is 2. The fourth-order valence-electron chi connectivity index (χ4n) is 1.12. The van der Waals surface area contributed by atoms with E-state index in [0.29, 0.717) is 23.8 Å². The maximum atomic E-state index is 11.5. The minimum atomic E-state index is -0.862. The van der Waals surface area contributed by atoms with Gasteiger partial charge in [-0.15, -0.1) is 0 Å². The second-order valence-electron chi connectivity index (χ2n) is 3.16. The van der Waals surface area contributed by atoms with Crippen molar-refractivity contribution in [2.24, 2.45) is 5.73 Å². The molecule has 0 aliphatic rings. The number of amides is 1. The molecule has 5 nitrogen and oxygen atoms in total. The van der Waals surface area contributed by atoms with Crippen molar-refractivity contribution in [2.45, 2.75) is 13.5 Å². The summed E-state index contributed by atoms with van der Waals surface area (Å²) in [6.07, 6.45) is 0. The van der Waals surface area contributed by atoms with Crippen LogP contribution < -0.4 is 11.1 Å². The van der Waals surface area contributed by atoms with Crippen LogP contribution in [-0.2, 0) is 17.3 Å². The highest BCUT2D eigenvalue weighted by Gasteiger charge is 2.10. The predicted octanol–water partition coefficient (Wildman–Crippen LogP) is 0.237. The van der Waals surface area contributed by atoms with E-state index < -0.39 is 10.8 Å². The van der Waals surface area contributed by atoms with E-state index in [4.69, 9.17) is 10.2 Å². The summed E-state index contributed by atoms with van der Waals surface area (Å²) in [5.74, 6) is 1.58. The molecule has 0 fully saturated rings. The van der Waals surface area contributed by atoms with Gasteiger partial charge in [-0.2, -0.15) is 0 Å². The smallest absolute Gasteiger partial charge is 0.287 e. The lowest BCUT2D eigenvalue weighted by atomic mass is 10.4. The van der Waals surface area contributed by atoms with Gasteiger partial charge in [0.2, 0.25) is 0 Å². The molecule has 0 saturated heterocycles. The Kier molecular flexibility index (Phi) is 5.21. The fourth-order valence-corrected chi connectivity index (χ4v) is 1.74. The highest BCUT2D eigenvalue weighted by Crippen LogP contribution is 2.06. The molecule has 16 heavy (non-hydrogen) atoms. The summed E-state index contributed by atoms with van der Waals surface area (Å²) in [5, 5.41) is 2.64. The lowest BCUT2D eigenvalue weighted by Gasteiger charge is -2.01. The van der Waals surface area contributed by atoms with E-state index in [2.05, 4.69) is 5.32 Å². The van der Waals surface area contributed by atoms with Crippen LogP contribution in [0.5, 0.6) is 0 Å². The molecule has 0 saturated carbocycles. The van der Waals surface area contributed by atoms with Gasteiger partial charge in [0.05, 0.1) is 6.54 Å². The van der Waals surface area contributed by atoms with E-state index in [1.807, 2.05) is 6.92 Å². The van der Waals surface area contributed by atoms with Crippen molar-refractivity contribution in [1.82, 2.24) is 5.32 Å². The average Bonchev–Trinajstić information content (AvgIpc) is 2.77. The summed E-state index contributed by atoms with van der Waals surface area (Å²) >= 11 is 0. The highest BCUT2D eigenvalue weighted by molar-refractivity contribution is 7.84. The number of carbonyl (C=O) groups is 1. The van der Waals surface area contributed by atoms with Gasteiger partial charge in [-0.25, -0.2) is 0 Å². The van der Waals surface area contributed by atoms with Crippen LogP contribution in [0.4, 0.5) is 0 Å². The van der Waals surface area contributed by atoms with Crippen molar-refractivity contribution in [3.63, 3.8) is 0 Å². The maximum absolute atomic E-state index is 11.5. The number of hydrogen-bond acceptors (Lipinski definition) is 4. The molecule has 0 spiro atoms. The van der Waals surface area contributed by atoms with E-state index >= 15 is 0 Å². The predicted molar refractivity (Wildman–Crippen MR) is 62.5 cm³/mol. The van der Waals surface area contributed by atoms with Crippen LogP contribution in [0, 0.1) is 0 Å². The monoisotopic (exact) mass is 244 g/mol. The molecule has 1 atom stereocenters. The first-order valence-electron chi connectivity index (χ1n) is 5.09. The first-order chi connectivity index (χ1) is 7.67. The van der Waals surface area contributed by atoms with Crippen LogP contribution >= 0.6 is 0 Å². The van der Waals surface area contributed by atoms with E-state index in [-0.39, 0.29) is 18.2 Å². The summed E-state index contributed by atoms with van der Waals surface area (Å²) in [6.45, 7) is 2.50. The molecule has 90 valence electrons.